The van der Waals surface area contributed by atoms with Crippen molar-refractivity contribution in [3.05, 3.63) is 59.9 Å². The maximum absolute atomic E-state index is 12.9. The van der Waals surface area contributed by atoms with Gasteiger partial charge in [0.05, 0.1) is 30.4 Å². The molecule has 2 bridgehead atoms. The van der Waals surface area contributed by atoms with E-state index < -0.39 is 48.4 Å². The second-order valence-corrected chi connectivity index (χ2v) is 8.11. The molecule has 0 aliphatic carbocycles. The number of anilines is 1. The first-order valence-electron chi connectivity index (χ1n) is 10.5. The summed E-state index contributed by atoms with van der Waals surface area (Å²) in [7, 11) is 1.82. The second-order valence-electron chi connectivity index (χ2n) is 8.11. The van der Waals surface area contributed by atoms with Gasteiger partial charge in [0.25, 0.3) is 0 Å². The number of carbonyl (C=O) groups excluding carboxylic acids is 1. The first-order valence-corrected chi connectivity index (χ1v) is 10.5. The number of benzene rings is 1. The lowest BCUT2D eigenvalue weighted by Gasteiger charge is -2.42. The molecule has 2 aromatic rings. The van der Waals surface area contributed by atoms with Crippen LogP contribution in [0.4, 0.5) is 23.7 Å². The summed E-state index contributed by atoms with van der Waals surface area (Å²) in [6.07, 6.45) is -4.41. The highest BCUT2D eigenvalue weighted by molar-refractivity contribution is 5.89. The first kappa shape index (κ1) is 23.4. The Bertz CT molecular complexity index is 962. The fraction of sp³-hybridized carbons (Fsp3) is 0.455. The molecule has 0 spiro atoms. The van der Waals surface area contributed by atoms with Crippen LogP contribution in [0, 0.1) is 0 Å². The maximum Gasteiger partial charge on any atom is 0.416 e. The van der Waals surface area contributed by atoms with Gasteiger partial charge in [-0.3, -0.25) is 9.88 Å². The van der Waals surface area contributed by atoms with Crippen molar-refractivity contribution < 1.29 is 32.5 Å². The Morgan fingerprint density at radius 2 is 2.09 bits per heavy atom. The zero-order valence-electron chi connectivity index (χ0n) is 17.8. The molecular formula is C22H25F3N4O4. The molecule has 8 nitrogen and oxygen atoms in total. The topological polar surface area (TPSA) is 96.0 Å². The van der Waals surface area contributed by atoms with Crippen molar-refractivity contribution in [3.8, 4) is 0 Å². The number of nitrogens with zero attached hydrogens (tertiary/aromatic N) is 2. The number of aliphatic hydroxyl groups excluding tert-OH is 1. The minimum atomic E-state index is -4.52. The predicted octanol–water partition coefficient (Wildman–Crippen LogP) is 2.25. The summed E-state index contributed by atoms with van der Waals surface area (Å²) >= 11 is 0. The van der Waals surface area contributed by atoms with Crippen LogP contribution in [-0.2, 0) is 22.1 Å². The number of amides is 2. The van der Waals surface area contributed by atoms with Gasteiger partial charge in [0.15, 0.2) is 6.29 Å². The third-order valence-corrected chi connectivity index (χ3v) is 5.83. The molecule has 0 radical (unpaired) electrons. The lowest BCUT2D eigenvalue weighted by atomic mass is 9.95. The number of halogens is 3. The van der Waals surface area contributed by atoms with Crippen LogP contribution >= 0.6 is 0 Å². The third kappa shape index (κ3) is 5.44. The van der Waals surface area contributed by atoms with Crippen LogP contribution in [0.25, 0.3) is 0 Å². The van der Waals surface area contributed by atoms with Gasteiger partial charge < -0.3 is 25.2 Å². The number of rotatable bonds is 6. The predicted molar refractivity (Wildman–Crippen MR) is 112 cm³/mol. The summed E-state index contributed by atoms with van der Waals surface area (Å²) in [5, 5.41) is 16.1. The fourth-order valence-corrected chi connectivity index (χ4v) is 4.13. The number of nitrogens with one attached hydrogen (secondary N) is 2. The molecule has 2 amide bonds. The van der Waals surface area contributed by atoms with Crippen LogP contribution in [0.2, 0.25) is 0 Å². The number of fused-ring (bicyclic) bond motifs is 2. The van der Waals surface area contributed by atoms with Gasteiger partial charge in [-0.25, -0.2) is 4.79 Å². The van der Waals surface area contributed by atoms with Gasteiger partial charge in [0, 0.05) is 30.5 Å². The number of alkyl halides is 3. The summed E-state index contributed by atoms with van der Waals surface area (Å²) in [5.41, 5.74) is 0.0111. The van der Waals surface area contributed by atoms with E-state index in [4.69, 9.17) is 9.47 Å². The number of hydrogen-bond donors (Lipinski definition) is 3. The normalized spacial score (nSPS) is 26.9. The fourth-order valence-electron chi connectivity index (χ4n) is 4.13. The molecule has 0 unspecified atom stereocenters. The van der Waals surface area contributed by atoms with Crippen LogP contribution in [-0.4, -0.2) is 71.8 Å². The van der Waals surface area contributed by atoms with Gasteiger partial charge in [0.2, 0.25) is 0 Å². The number of hydrogen-bond acceptors (Lipinski definition) is 6. The zero-order valence-corrected chi connectivity index (χ0v) is 17.8. The molecule has 2 fully saturated rings. The Kier molecular flexibility index (Phi) is 6.84. The Hall–Kier alpha value is -2.73. The van der Waals surface area contributed by atoms with Crippen LogP contribution in [0.3, 0.4) is 0 Å². The average Bonchev–Trinajstić information content (AvgIpc) is 3.21. The highest BCUT2D eigenvalue weighted by atomic mass is 19.4. The molecule has 3 N–H and O–H groups in total. The Balaban J connectivity index is 1.40. The zero-order chi connectivity index (χ0) is 23.6. The molecule has 2 saturated heterocycles. The summed E-state index contributed by atoms with van der Waals surface area (Å²) < 4.78 is 50.3. The van der Waals surface area contributed by atoms with Crippen molar-refractivity contribution >= 4 is 11.7 Å². The SMILES string of the molecule is CN(CCc1ccccn1)[C@H]1[C@@H]2OC[C@@H](O2)[C@@H](NC(=O)Nc2cccc(C(F)(F)F)c2)[C@@H]1O. The molecule has 178 valence electrons. The van der Waals surface area contributed by atoms with Crippen LogP contribution in [0.5, 0.6) is 0 Å². The van der Waals surface area contributed by atoms with E-state index in [2.05, 4.69) is 15.6 Å². The number of likely N-dealkylation sites (N-methyl/N-ethyl adjacent to an activating group) is 1. The van der Waals surface area contributed by atoms with Crippen LogP contribution < -0.4 is 10.6 Å². The molecule has 3 heterocycles. The molecular weight excluding hydrogens is 441 g/mol. The molecule has 1 aromatic heterocycles. The van der Waals surface area contributed by atoms with Crippen molar-refractivity contribution in [1.29, 1.82) is 0 Å². The van der Waals surface area contributed by atoms with E-state index in [-0.39, 0.29) is 12.3 Å². The van der Waals surface area contributed by atoms with Gasteiger partial charge in [-0.2, -0.15) is 13.2 Å². The quantitative estimate of drug-likeness (QED) is 0.605. The smallest absolute Gasteiger partial charge is 0.389 e. The first-order chi connectivity index (χ1) is 15.7. The Labute approximate surface area is 188 Å². The van der Waals surface area contributed by atoms with E-state index in [0.717, 1.165) is 17.8 Å². The number of urea groups is 1. The minimum absolute atomic E-state index is 0.0156. The van der Waals surface area contributed by atoms with E-state index in [1.165, 1.54) is 12.1 Å². The van der Waals surface area contributed by atoms with Crippen molar-refractivity contribution in [2.24, 2.45) is 0 Å². The molecule has 2 aliphatic heterocycles. The van der Waals surface area contributed by atoms with Gasteiger partial charge in [-0.05, 0) is 37.4 Å². The minimum Gasteiger partial charge on any atom is -0.389 e. The maximum atomic E-state index is 12.9. The van der Waals surface area contributed by atoms with Gasteiger partial charge in [0.1, 0.15) is 6.10 Å². The Morgan fingerprint density at radius 1 is 1.27 bits per heavy atom. The summed E-state index contributed by atoms with van der Waals surface area (Å²) in [4.78, 5) is 18.7. The van der Waals surface area contributed by atoms with Crippen molar-refractivity contribution in [2.75, 3.05) is 25.5 Å². The Morgan fingerprint density at radius 3 is 2.82 bits per heavy atom. The lowest BCUT2D eigenvalue weighted by Crippen LogP contribution is -2.65. The average molecular weight is 466 g/mol. The highest BCUT2D eigenvalue weighted by Crippen LogP contribution is 2.32. The molecule has 0 saturated carbocycles. The molecule has 33 heavy (non-hydrogen) atoms. The summed E-state index contributed by atoms with van der Waals surface area (Å²) in [6.45, 7) is 0.747. The number of carbonyl (C=O) groups is 1. The summed E-state index contributed by atoms with van der Waals surface area (Å²) in [5.74, 6) is 0. The highest BCUT2D eigenvalue weighted by Gasteiger charge is 2.52. The van der Waals surface area contributed by atoms with E-state index in [0.29, 0.717) is 13.0 Å². The van der Waals surface area contributed by atoms with E-state index in [1.807, 2.05) is 30.1 Å². The number of pyridine rings is 1. The largest absolute Gasteiger partial charge is 0.416 e. The molecule has 4 rings (SSSR count). The molecule has 11 heteroatoms. The number of ether oxygens (including phenoxy) is 2. The molecule has 2 aliphatic rings. The number of aromatic nitrogens is 1. The third-order valence-electron chi connectivity index (χ3n) is 5.83. The summed E-state index contributed by atoms with van der Waals surface area (Å²) in [6, 6.07) is 7.86. The van der Waals surface area contributed by atoms with Gasteiger partial charge >= 0.3 is 12.2 Å². The monoisotopic (exact) mass is 466 g/mol. The van der Waals surface area contributed by atoms with E-state index in [1.54, 1.807) is 6.20 Å². The van der Waals surface area contributed by atoms with Crippen LogP contribution in [0.15, 0.2) is 48.7 Å². The van der Waals surface area contributed by atoms with E-state index in [9.17, 15) is 23.1 Å². The number of aliphatic hydroxyl groups is 1. The molecule has 5 atom stereocenters. The lowest BCUT2D eigenvalue weighted by molar-refractivity contribution is -0.176. The van der Waals surface area contributed by atoms with Crippen molar-refractivity contribution in [3.63, 3.8) is 0 Å². The standard InChI is InChI=1S/C22H25F3N4O4/c1-29(10-8-14-6-2-3-9-26-14)18-19(30)17(16-12-32-20(18)33-16)28-21(31)27-15-7-4-5-13(11-15)22(23,24)25/h2-7,9,11,16-20,30H,8,10,12H2,1H3,(H2,27,28,31)/t16-,17-,18-,19+,20-/m1/s1. The van der Waals surface area contributed by atoms with Gasteiger partial charge in [-0.15, -0.1) is 0 Å². The van der Waals surface area contributed by atoms with Gasteiger partial charge in [-0.1, -0.05) is 12.1 Å². The van der Waals surface area contributed by atoms with E-state index >= 15 is 0 Å². The second kappa shape index (κ2) is 9.64. The van der Waals surface area contributed by atoms with Crippen LogP contribution in [0.1, 0.15) is 11.3 Å². The van der Waals surface area contributed by atoms with Crippen molar-refractivity contribution in [1.82, 2.24) is 15.2 Å². The molecule has 1 aromatic carbocycles. The van der Waals surface area contributed by atoms with Crippen molar-refractivity contribution in [2.45, 2.75) is 43.2 Å².